The number of nitrogens with zero attached hydrogens (tertiary/aromatic N) is 4. The van der Waals surface area contributed by atoms with E-state index in [1.165, 1.54) is 0 Å². The Bertz CT molecular complexity index is 448. The van der Waals surface area contributed by atoms with Crippen molar-refractivity contribution in [2.24, 2.45) is 10.9 Å². The lowest BCUT2D eigenvalue weighted by molar-refractivity contribution is 0.234. The van der Waals surface area contributed by atoms with Crippen LogP contribution in [0.1, 0.15) is 12.6 Å². The van der Waals surface area contributed by atoms with Gasteiger partial charge >= 0.3 is 0 Å². The molecule has 2 rings (SSSR count). The first-order chi connectivity index (χ1) is 8.63. The zero-order valence-electron chi connectivity index (χ0n) is 10.7. The third kappa shape index (κ3) is 2.38. The molecule has 1 aromatic heterocycles. The second-order valence-electron chi connectivity index (χ2n) is 4.63. The summed E-state index contributed by atoms with van der Waals surface area (Å²) in [5.41, 5.74) is 7.13. The molecule has 0 amide bonds. The molecule has 1 aliphatic heterocycles. The van der Waals surface area contributed by atoms with Crippen molar-refractivity contribution in [1.29, 1.82) is 0 Å². The van der Waals surface area contributed by atoms with E-state index in [-0.39, 0.29) is 5.84 Å². The van der Waals surface area contributed by atoms with Crippen molar-refractivity contribution in [3.8, 4) is 0 Å². The van der Waals surface area contributed by atoms with Crippen LogP contribution in [-0.2, 0) is 0 Å². The molecule has 0 spiro atoms. The minimum Gasteiger partial charge on any atom is -0.409 e. The van der Waals surface area contributed by atoms with Crippen molar-refractivity contribution in [2.75, 3.05) is 31.6 Å². The second kappa shape index (κ2) is 5.22. The van der Waals surface area contributed by atoms with Crippen LogP contribution in [0.2, 0.25) is 0 Å². The van der Waals surface area contributed by atoms with Crippen LogP contribution in [0.4, 0.5) is 5.69 Å². The molecule has 0 bridgehead atoms. The van der Waals surface area contributed by atoms with E-state index >= 15 is 0 Å². The number of anilines is 1. The maximum absolute atomic E-state index is 8.80. The van der Waals surface area contributed by atoms with Crippen molar-refractivity contribution in [3.05, 3.63) is 24.0 Å². The molecule has 2 heterocycles. The van der Waals surface area contributed by atoms with Crippen LogP contribution < -0.4 is 10.6 Å². The van der Waals surface area contributed by atoms with Gasteiger partial charge in [-0.15, -0.1) is 0 Å². The molecule has 0 aromatic carbocycles. The van der Waals surface area contributed by atoms with Gasteiger partial charge in [0.05, 0.1) is 5.69 Å². The van der Waals surface area contributed by atoms with Crippen LogP contribution in [-0.4, -0.2) is 53.7 Å². The first-order valence-electron chi connectivity index (χ1n) is 6.01. The number of pyridine rings is 1. The third-order valence-electron chi connectivity index (χ3n) is 3.44. The molecule has 98 valence electrons. The third-order valence-corrected chi connectivity index (χ3v) is 3.44. The summed E-state index contributed by atoms with van der Waals surface area (Å²) in [6.45, 7) is 5.00. The van der Waals surface area contributed by atoms with Gasteiger partial charge < -0.3 is 20.7 Å². The highest BCUT2D eigenvalue weighted by atomic mass is 16.4. The molecule has 1 aliphatic rings. The number of amidine groups is 1. The van der Waals surface area contributed by atoms with E-state index in [9.17, 15) is 0 Å². The van der Waals surface area contributed by atoms with Crippen molar-refractivity contribution >= 4 is 11.5 Å². The average Bonchev–Trinajstić information content (AvgIpc) is 2.41. The predicted molar refractivity (Wildman–Crippen MR) is 71.1 cm³/mol. The van der Waals surface area contributed by atoms with Gasteiger partial charge in [-0.1, -0.05) is 5.16 Å². The van der Waals surface area contributed by atoms with E-state index in [1.807, 2.05) is 12.1 Å². The second-order valence-corrected chi connectivity index (χ2v) is 4.63. The van der Waals surface area contributed by atoms with Crippen LogP contribution in [0, 0.1) is 0 Å². The van der Waals surface area contributed by atoms with Crippen LogP contribution in [0.5, 0.6) is 0 Å². The Morgan fingerprint density at radius 1 is 1.56 bits per heavy atom. The molecule has 1 saturated heterocycles. The van der Waals surface area contributed by atoms with Crippen LogP contribution in [0.3, 0.4) is 0 Å². The van der Waals surface area contributed by atoms with E-state index in [2.05, 4.69) is 33.9 Å². The van der Waals surface area contributed by atoms with Gasteiger partial charge in [-0.05, 0) is 26.1 Å². The Balaban J connectivity index is 2.28. The summed E-state index contributed by atoms with van der Waals surface area (Å²) in [6, 6.07) is 4.30. The number of likely N-dealkylation sites (N-methyl/N-ethyl adjacent to an activating group) is 1. The fraction of sp³-hybridized carbons (Fsp3) is 0.500. The molecular weight excluding hydrogens is 230 g/mol. The minimum absolute atomic E-state index is 0.0529. The van der Waals surface area contributed by atoms with Gasteiger partial charge in [0.1, 0.15) is 5.69 Å². The number of nitrogens with two attached hydrogens (primary N) is 1. The van der Waals surface area contributed by atoms with Gasteiger partial charge in [0.15, 0.2) is 5.84 Å². The van der Waals surface area contributed by atoms with E-state index in [0.29, 0.717) is 11.7 Å². The smallest absolute Gasteiger partial charge is 0.190 e. The Morgan fingerprint density at radius 2 is 2.33 bits per heavy atom. The molecule has 6 heteroatoms. The standard InChI is InChI=1S/C12H19N5O/c1-9-8-17(7-6-16(9)2)10-4-3-5-14-11(10)12(13)15-18/h3-5,9,18H,6-8H2,1-2H3,(H2,13,15). The van der Waals surface area contributed by atoms with Gasteiger partial charge in [0, 0.05) is 31.9 Å². The van der Waals surface area contributed by atoms with Gasteiger partial charge in [-0.2, -0.15) is 0 Å². The zero-order valence-corrected chi connectivity index (χ0v) is 10.7. The highest BCUT2D eigenvalue weighted by Gasteiger charge is 2.23. The SMILES string of the molecule is CC1CN(c2cccnc2/C(N)=N/O)CCN1C. The van der Waals surface area contributed by atoms with E-state index in [0.717, 1.165) is 25.3 Å². The molecule has 1 fully saturated rings. The fourth-order valence-electron chi connectivity index (χ4n) is 2.16. The zero-order chi connectivity index (χ0) is 13.1. The Labute approximate surface area is 107 Å². The van der Waals surface area contributed by atoms with E-state index in [1.54, 1.807) is 6.20 Å². The maximum Gasteiger partial charge on any atom is 0.190 e. The molecule has 6 nitrogen and oxygen atoms in total. The largest absolute Gasteiger partial charge is 0.409 e. The summed E-state index contributed by atoms with van der Waals surface area (Å²) < 4.78 is 0. The topological polar surface area (TPSA) is 78.0 Å². The minimum atomic E-state index is 0.0529. The molecule has 1 atom stereocenters. The number of hydrogen-bond acceptors (Lipinski definition) is 5. The van der Waals surface area contributed by atoms with Crippen molar-refractivity contribution in [2.45, 2.75) is 13.0 Å². The summed E-state index contributed by atoms with van der Waals surface area (Å²) >= 11 is 0. The number of oxime groups is 1. The Hall–Kier alpha value is -1.82. The van der Waals surface area contributed by atoms with Gasteiger partial charge in [-0.25, -0.2) is 0 Å². The molecular formula is C12H19N5O. The molecule has 18 heavy (non-hydrogen) atoms. The lowest BCUT2D eigenvalue weighted by atomic mass is 10.1. The van der Waals surface area contributed by atoms with Crippen molar-refractivity contribution < 1.29 is 5.21 Å². The first kappa shape index (κ1) is 12.6. The lowest BCUT2D eigenvalue weighted by Crippen LogP contribution is -2.50. The number of hydrogen-bond donors (Lipinski definition) is 2. The van der Waals surface area contributed by atoms with Crippen LogP contribution >= 0.6 is 0 Å². The highest BCUT2D eigenvalue weighted by Crippen LogP contribution is 2.21. The molecule has 0 saturated carbocycles. The summed E-state index contributed by atoms with van der Waals surface area (Å²) in [7, 11) is 2.12. The molecule has 0 radical (unpaired) electrons. The summed E-state index contributed by atoms with van der Waals surface area (Å²) in [6.07, 6.45) is 1.65. The highest BCUT2D eigenvalue weighted by molar-refractivity contribution is 6.00. The average molecular weight is 249 g/mol. The Morgan fingerprint density at radius 3 is 3.00 bits per heavy atom. The first-order valence-corrected chi connectivity index (χ1v) is 6.01. The maximum atomic E-state index is 8.80. The van der Waals surface area contributed by atoms with Crippen LogP contribution in [0.15, 0.2) is 23.5 Å². The van der Waals surface area contributed by atoms with Crippen LogP contribution in [0.25, 0.3) is 0 Å². The summed E-state index contributed by atoms with van der Waals surface area (Å²) in [4.78, 5) is 8.74. The number of aromatic nitrogens is 1. The van der Waals surface area contributed by atoms with Gasteiger partial charge in [0.2, 0.25) is 0 Å². The lowest BCUT2D eigenvalue weighted by Gasteiger charge is -2.39. The van der Waals surface area contributed by atoms with E-state index < -0.39 is 0 Å². The van der Waals surface area contributed by atoms with Crippen molar-refractivity contribution in [1.82, 2.24) is 9.88 Å². The fourth-order valence-corrected chi connectivity index (χ4v) is 2.16. The monoisotopic (exact) mass is 249 g/mol. The van der Waals surface area contributed by atoms with Crippen molar-refractivity contribution in [3.63, 3.8) is 0 Å². The Kier molecular flexibility index (Phi) is 3.66. The normalized spacial score (nSPS) is 22.2. The number of rotatable bonds is 2. The molecule has 3 N–H and O–H groups in total. The number of piperazine rings is 1. The summed E-state index contributed by atoms with van der Waals surface area (Å²) in [5.74, 6) is 0.0529. The molecule has 1 unspecified atom stereocenters. The van der Waals surface area contributed by atoms with Gasteiger partial charge in [-0.3, -0.25) is 4.98 Å². The van der Waals surface area contributed by atoms with E-state index in [4.69, 9.17) is 10.9 Å². The predicted octanol–water partition coefficient (Wildman–Crippen LogP) is 0.316. The molecule has 1 aromatic rings. The summed E-state index contributed by atoms with van der Waals surface area (Å²) in [5, 5.41) is 11.8. The quantitative estimate of drug-likeness (QED) is 0.341. The van der Waals surface area contributed by atoms with Gasteiger partial charge in [0.25, 0.3) is 0 Å². The molecule has 0 aliphatic carbocycles.